The molecule has 1 N–H and O–H groups in total. The van der Waals surface area contributed by atoms with Crippen LogP contribution in [0, 0.1) is 6.92 Å². The quantitative estimate of drug-likeness (QED) is 0.720. The van der Waals surface area contributed by atoms with Crippen LogP contribution in [0.4, 0.5) is 5.69 Å². The monoisotopic (exact) mass is 338 g/mol. The van der Waals surface area contributed by atoms with Gasteiger partial charge in [0, 0.05) is 19.0 Å². The van der Waals surface area contributed by atoms with Crippen molar-refractivity contribution >= 4 is 28.7 Å². The summed E-state index contributed by atoms with van der Waals surface area (Å²) in [4.78, 5) is 28.0. The second-order valence-electron chi connectivity index (χ2n) is 5.66. The number of carbonyl (C=O) groups is 2. The number of aryl methyl sites for hydroxylation is 2. The van der Waals surface area contributed by atoms with E-state index < -0.39 is 5.97 Å². The number of esters is 1. The van der Waals surface area contributed by atoms with E-state index in [0.717, 1.165) is 16.7 Å². The zero-order valence-electron chi connectivity index (χ0n) is 14.0. The normalized spacial score (nSPS) is 10.6. The van der Waals surface area contributed by atoms with Crippen molar-refractivity contribution in [1.82, 2.24) is 4.98 Å². The van der Waals surface area contributed by atoms with Gasteiger partial charge in [-0.3, -0.25) is 4.79 Å². The lowest BCUT2D eigenvalue weighted by Gasteiger charge is -2.07. The van der Waals surface area contributed by atoms with E-state index >= 15 is 0 Å². The Morgan fingerprint density at radius 3 is 2.84 bits per heavy atom. The first kappa shape index (κ1) is 16.7. The van der Waals surface area contributed by atoms with E-state index in [1.165, 1.54) is 7.11 Å². The van der Waals surface area contributed by atoms with Crippen LogP contribution < -0.4 is 5.32 Å². The van der Waals surface area contributed by atoms with E-state index in [1.807, 2.05) is 18.2 Å². The van der Waals surface area contributed by atoms with Crippen LogP contribution in [0.15, 0.2) is 46.9 Å². The Kier molecular flexibility index (Phi) is 4.79. The van der Waals surface area contributed by atoms with Crippen molar-refractivity contribution in [1.29, 1.82) is 0 Å². The molecule has 1 amide bonds. The highest BCUT2D eigenvalue weighted by Crippen LogP contribution is 2.18. The summed E-state index contributed by atoms with van der Waals surface area (Å²) in [7, 11) is 1.32. The summed E-state index contributed by atoms with van der Waals surface area (Å²) in [5.41, 5.74) is 3.51. The summed E-state index contributed by atoms with van der Waals surface area (Å²) >= 11 is 0. The molecule has 6 nitrogen and oxygen atoms in total. The highest BCUT2D eigenvalue weighted by Gasteiger charge is 2.09. The minimum atomic E-state index is -0.438. The number of nitrogens with zero attached hydrogens (tertiary/aromatic N) is 1. The molecule has 0 saturated carbocycles. The van der Waals surface area contributed by atoms with Crippen LogP contribution in [0.5, 0.6) is 0 Å². The molecule has 3 aromatic rings. The Labute approximate surface area is 144 Å². The molecule has 0 spiro atoms. The number of oxazole rings is 1. The van der Waals surface area contributed by atoms with Gasteiger partial charge in [-0.05, 0) is 42.3 Å². The van der Waals surface area contributed by atoms with Crippen LogP contribution in [0.2, 0.25) is 0 Å². The molecule has 0 saturated heterocycles. The Balaban J connectivity index is 1.61. The topological polar surface area (TPSA) is 81.4 Å². The van der Waals surface area contributed by atoms with E-state index in [4.69, 9.17) is 4.42 Å². The number of hydrogen-bond donors (Lipinski definition) is 1. The molecule has 1 heterocycles. The van der Waals surface area contributed by atoms with Crippen molar-refractivity contribution in [2.75, 3.05) is 12.4 Å². The first-order valence-corrected chi connectivity index (χ1v) is 7.89. The van der Waals surface area contributed by atoms with Gasteiger partial charge in [-0.1, -0.05) is 12.1 Å². The molecule has 3 rings (SSSR count). The lowest BCUT2D eigenvalue weighted by molar-refractivity contribution is -0.116. The number of rotatable bonds is 5. The van der Waals surface area contributed by atoms with E-state index in [9.17, 15) is 9.59 Å². The van der Waals surface area contributed by atoms with Gasteiger partial charge in [0.15, 0.2) is 11.5 Å². The smallest absolute Gasteiger partial charge is 0.337 e. The van der Waals surface area contributed by atoms with Crippen molar-refractivity contribution in [2.24, 2.45) is 0 Å². The number of aromatic nitrogens is 1. The summed E-state index contributed by atoms with van der Waals surface area (Å²) in [6, 6.07) is 12.4. The molecule has 25 heavy (non-hydrogen) atoms. The van der Waals surface area contributed by atoms with Crippen LogP contribution in [0.25, 0.3) is 11.1 Å². The zero-order chi connectivity index (χ0) is 17.8. The number of benzene rings is 2. The maximum atomic E-state index is 12.1. The molecule has 0 radical (unpaired) electrons. The molecule has 0 unspecified atom stereocenters. The third-order valence-corrected chi connectivity index (χ3v) is 3.77. The summed E-state index contributed by atoms with van der Waals surface area (Å²) in [5, 5.41) is 2.79. The number of amides is 1. The van der Waals surface area contributed by atoms with E-state index in [2.05, 4.69) is 15.0 Å². The maximum absolute atomic E-state index is 12.1. The molecule has 0 atom stereocenters. The largest absolute Gasteiger partial charge is 0.465 e. The lowest BCUT2D eigenvalue weighted by Crippen LogP contribution is -2.13. The van der Waals surface area contributed by atoms with Crippen LogP contribution in [0.3, 0.4) is 0 Å². The Bertz CT molecular complexity index is 930. The van der Waals surface area contributed by atoms with E-state index in [0.29, 0.717) is 30.0 Å². The molecule has 0 aliphatic rings. The van der Waals surface area contributed by atoms with Gasteiger partial charge in [-0.15, -0.1) is 0 Å². The molecule has 6 heteroatoms. The van der Waals surface area contributed by atoms with Crippen LogP contribution in [-0.4, -0.2) is 24.0 Å². The number of hydrogen-bond acceptors (Lipinski definition) is 5. The summed E-state index contributed by atoms with van der Waals surface area (Å²) in [6.45, 7) is 1.80. The van der Waals surface area contributed by atoms with Crippen molar-refractivity contribution in [2.45, 2.75) is 19.8 Å². The number of carbonyl (C=O) groups excluding carboxylic acids is 2. The van der Waals surface area contributed by atoms with Gasteiger partial charge in [-0.2, -0.15) is 0 Å². The number of anilines is 1. The van der Waals surface area contributed by atoms with Gasteiger partial charge >= 0.3 is 5.97 Å². The molecule has 128 valence electrons. The first-order chi connectivity index (χ1) is 12.0. The van der Waals surface area contributed by atoms with E-state index in [-0.39, 0.29) is 5.91 Å². The minimum Gasteiger partial charge on any atom is -0.465 e. The average Bonchev–Trinajstić information content (AvgIpc) is 2.98. The Morgan fingerprint density at radius 2 is 2.04 bits per heavy atom. The standard InChI is InChI=1S/C19H18N2O4/c1-12-20-16-10-13(6-8-17(16)25-12)7-9-18(22)21-15-5-3-4-14(11-15)19(23)24-2/h3-6,8,10-11H,7,9H2,1-2H3,(H,21,22). The van der Waals surface area contributed by atoms with Crippen LogP contribution in [-0.2, 0) is 16.0 Å². The molecule has 2 aromatic carbocycles. The summed E-state index contributed by atoms with van der Waals surface area (Å²) < 4.78 is 10.1. The summed E-state index contributed by atoms with van der Waals surface area (Å²) in [6.07, 6.45) is 0.912. The van der Waals surface area contributed by atoms with Crippen molar-refractivity contribution in [3.8, 4) is 0 Å². The number of fused-ring (bicyclic) bond motifs is 1. The van der Waals surface area contributed by atoms with Gasteiger partial charge in [0.1, 0.15) is 5.52 Å². The Morgan fingerprint density at radius 1 is 1.20 bits per heavy atom. The lowest BCUT2D eigenvalue weighted by atomic mass is 10.1. The Hall–Kier alpha value is -3.15. The van der Waals surface area contributed by atoms with Gasteiger partial charge in [0.25, 0.3) is 0 Å². The van der Waals surface area contributed by atoms with E-state index in [1.54, 1.807) is 31.2 Å². The predicted molar refractivity (Wildman–Crippen MR) is 93.5 cm³/mol. The summed E-state index contributed by atoms with van der Waals surface area (Å²) in [5.74, 6) is 0.0566. The molecule has 0 bridgehead atoms. The molecule has 0 fully saturated rings. The van der Waals surface area contributed by atoms with Crippen molar-refractivity contribution < 1.29 is 18.7 Å². The van der Waals surface area contributed by atoms with Gasteiger partial charge in [0.05, 0.1) is 12.7 Å². The second kappa shape index (κ2) is 7.17. The third-order valence-electron chi connectivity index (χ3n) is 3.77. The fourth-order valence-electron chi connectivity index (χ4n) is 2.57. The fourth-order valence-corrected chi connectivity index (χ4v) is 2.57. The SMILES string of the molecule is COC(=O)c1cccc(NC(=O)CCc2ccc3oc(C)nc3c2)c1. The molecule has 0 aliphatic heterocycles. The highest BCUT2D eigenvalue weighted by molar-refractivity contribution is 5.94. The van der Waals surface area contributed by atoms with Gasteiger partial charge in [0.2, 0.25) is 5.91 Å². The van der Waals surface area contributed by atoms with Gasteiger partial charge in [-0.25, -0.2) is 9.78 Å². The van der Waals surface area contributed by atoms with Gasteiger partial charge < -0.3 is 14.5 Å². The molecule has 0 aliphatic carbocycles. The fraction of sp³-hybridized carbons (Fsp3) is 0.211. The number of nitrogens with one attached hydrogen (secondary N) is 1. The second-order valence-corrected chi connectivity index (χ2v) is 5.66. The first-order valence-electron chi connectivity index (χ1n) is 7.89. The van der Waals surface area contributed by atoms with Crippen LogP contribution >= 0.6 is 0 Å². The predicted octanol–water partition coefficient (Wildman–Crippen LogP) is 3.49. The zero-order valence-corrected chi connectivity index (χ0v) is 14.0. The molecular weight excluding hydrogens is 320 g/mol. The third kappa shape index (κ3) is 4.03. The maximum Gasteiger partial charge on any atom is 0.337 e. The average molecular weight is 338 g/mol. The molecule has 1 aromatic heterocycles. The van der Waals surface area contributed by atoms with Crippen molar-refractivity contribution in [3.05, 3.63) is 59.5 Å². The number of ether oxygens (including phenoxy) is 1. The molecular formula is C19H18N2O4. The van der Waals surface area contributed by atoms with Crippen LogP contribution in [0.1, 0.15) is 28.2 Å². The number of methoxy groups -OCH3 is 1. The minimum absolute atomic E-state index is 0.126. The highest BCUT2D eigenvalue weighted by atomic mass is 16.5. The van der Waals surface area contributed by atoms with Crippen molar-refractivity contribution in [3.63, 3.8) is 0 Å².